The van der Waals surface area contributed by atoms with Crippen LogP contribution in [-0.4, -0.2) is 6.88 Å². The minimum atomic E-state index is 0. The number of benzene rings is 6. The van der Waals surface area contributed by atoms with Crippen LogP contribution in [0.5, 0.6) is 0 Å². The van der Waals surface area contributed by atoms with Gasteiger partial charge < -0.3 is 14.9 Å². The summed E-state index contributed by atoms with van der Waals surface area (Å²) in [6.07, 6.45) is 2.13. The van der Waals surface area contributed by atoms with Crippen LogP contribution >= 0.6 is 0 Å². The predicted octanol–water partition coefficient (Wildman–Crippen LogP) is 13.4. The fourth-order valence-electron chi connectivity index (χ4n) is 6.61. The van der Waals surface area contributed by atoms with Crippen molar-refractivity contribution in [2.24, 2.45) is 0 Å². The first-order valence-electron chi connectivity index (χ1n) is 16.6. The summed E-state index contributed by atoms with van der Waals surface area (Å²) < 4.78 is 0. The number of hydrogen-bond acceptors (Lipinski definition) is 0. The zero-order chi connectivity index (χ0) is 33.3. The molecule has 0 saturated heterocycles. The van der Waals surface area contributed by atoms with E-state index in [9.17, 15) is 0 Å². The summed E-state index contributed by atoms with van der Waals surface area (Å²) in [6.45, 7) is 7.50. The molecule has 0 bridgehead atoms. The Morgan fingerprint density at radius 2 is 0.660 bits per heavy atom. The molecule has 8 rings (SSSR count). The second-order valence-electron chi connectivity index (χ2n) is 11.9. The maximum atomic E-state index is 3.06. The van der Waals surface area contributed by atoms with E-state index in [1.54, 1.807) is 0 Å². The van der Waals surface area contributed by atoms with Crippen LogP contribution in [0.4, 0.5) is 0 Å². The zero-order valence-corrected chi connectivity index (χ0v) is 33.0. The summed E-state index contributed by atoms with van der Waals surface area (Å²) >= 11 is 1.36. The van der Waals surface area contributed by atoms with Crippen molar-refractivity contribution < 1.29 is 23.3 Å². The van der Waals surface area contributed by atoms with Crippen LogP contribution in [0.1, 0.15) is 25.0 Å². The first kappa shape index (κ1) is 38.4. The normalized spacial score (nSPS) is 10.2. The van der Waals surface area contributed by atoms with Crippen LogP contribution in [0, 0.1) is 14.9 Å². The van der Waals surface area contributed by atoms with Crippen molar-refractivity contribution in [1.29, 1.82) is 0 Å². The number of aryl methyl sites for hydroxylation is 2. The van der Waals surface area contributed by atoms with E-state index in [1.165, 1.54) is 101 Å². The molecule has 0 unspecified atom stereocenters. The van der Waals surface area contributed by atoms with E-state index in [4.69, 9.17) is 0 Å². The molecular weight excluding hydrogens is 696 g/mol. The second-order valence-corrected chi connectivity index (χ2v) is 11.9. The summed E-state index contributed by atoms with van der Waals surface area (Å²) in [7, 11) is 0. The molecule has 8 aromatic rings. The molecule has 248 valence electrons. The summed E-state index contributed by atoms with van der Waals surface area (Å²) in [4.78, 5) is 0. The molecule has 0 fully saturated rings. The summed E-state index contributed by atoms with van der Waals surface area (Å²) in [5.74, 6) is 0. The van der Waals surface area contributed by atoms with E-state index in [1.807, 2.05) is 0 Å². The van der Waals surface area contributed by atoms with Gasteiger partial charge in [0.05, 0.1) is 0 Å². The molecule has 50 heavy (non-hydrogen) atoms. The van der Waals surface area contributed by atoms with E-state index in [0.717, 1.165) is 12.8 Å². The van der Waals surface area contributed by atoms with Gasteiger partial charge in [-0.3, -0.25) is 0 Å². The van der Waals surface area contributed by atoms with Gasteiger partial charge >= 0.3 is 30.2 Å². The SMILES string of the molecule is CCc1cc2c(-c3ccccc3)ccc(-c3ccccc3)c2[cH-]1.CCc1cc2c(-c3ccccc3)ccc(-c3ccccc3)c2[cH-]1.[CH3-].[CH3-].[Si]=[Zr]. The zero-order valence-electron chi connectivity index (χ0n) is 29.6. The molecule has 0 spiro atoms. The molecule has 0 heterocycles. The van der Waals surface area contributed by atoms with Crippen molar-refractivity contribution in [2.45, 2.75) is 26.7 Å². The van der Waals surface area contributed by atoms with E-state index >= 15 is 0 Å². The molecule has 0 amide bonds. The average molecular weight is 740 g/mol. The van der Waals surface area contributed by atoms with Crippen LogP contribution in [-0.2, 0) is 36.2 Å². The Morgan fingerprint density at radius 1 is 0.400 bits per heavy atom. The van der Waals surface area contributed by atoms with Crippen molar-refractivity contribution in [3.63, 3.8) is 0 Å². The summed E-state index contributed by atoms with van der Waals surface area (Å²) in [6, 6.07) is 61.1. The molecule has 0 N–H and O–H groups in total. The van der Waals surface area contributed by atoms with Gasteiger partial charge in [-0.2, -0.15) is 12.1 Å². The number of hydrogen-bond donors (Lipinski definition) is 0. The van der Waals surface area contributed by atoms with E-state index in [0.29, 0.717) is 0 Å². The fourth-order valence-corrected chi connectivity index (χ4v) is 6.61. The van der Waals surface area contributed by atoms with Crippen LogP contribution in [0.2, 0.25) is 0 Å². The third kappa shape index (κ3) is 8.32. The van der Waals surface area contributed by atoms with Crippen molar-refractivity contribution in [3.05, 3.63) is 196 Å². The van der Waals surface area contributed by atoms with Crippen LogP contribution in [0.3, 0.4) is 0 Å². The van der Waals surface area contributed by atoms with Crippen molar-refractivity contribution >= 4 is 28.4 Å². The van der Waals surface area contributed by atoms with Crippen LogP contribution in [0.15, 0.2) is 170 Å². The van der Waals surface area contributed by atoms with Gasteiger partial charge in [0.15, 0.2) is 0 Å². The monoisotopic (exact) mass is 738 g/mol. The van der Waals surface area contributed by atoms with Gasteiger partial charge in [-0.25, -0.2) is 0 Å². The molecule has 2 heteroatoms. The quantitative estimate of drug-likeness (QED) is 0.118. The topological polar surface area (TPSA) is 0 Å². The minimum absolute atomic E-state index is 0. The van der Waals surface area contributed by atoms with Gasteiger partial charge in [-0.05, 0) is 24.0 Å². The first-order chi connectivity index (χ1) is 23.7. The molecule has 0 nitrogen and oxygen atoms in total. The number of fused-ring (bicyclic) bond motifs is 2. The van der Waals surface area contributed by atoms with Crippen molar-refractivity contribution in [1.82, 2.24) is 0 Å². The van der Waals surface area contributed by atoms with Gasteiger partial charge in [0.25, 0.3) is 0 Å². The van der Waals surface area contributed by atoms with E-state index in [-0.39, 0.29) is 14.9 Å². The molecule has 0 aliphatic carbocycles. The van der Waals surface area contributed by atoms with Crippen LogP contribution < -0.4 is 0 Å². The molecule has 0 atom stereocenters. The predicted molar refractivity (Wildman–Crippen MR) is 218 cm³/mol. The molecule has 0 aliphatic heterocycles. The molecule has 0 saturated carbocycles. The van der Waals surface area contributed by atoms with Gasteiger partial charge in [0, 0.05) is 0 Å². The number of rotatable bonds is 6. The fraction of sp³-hybridized carbons (Fsp3) is 0.0833. The van der Waals surface area contributed by atoms with Gasteiger partial charge in [0.1, 0.15) is 0 Å². The van der Waals surface area contributed by atoms with Crippen molar-refractivity contribution in [3.8, 4) is 44.5 Å². The maximum absolute atomic E-state index is 3.06. The van der Waals surface area contributed by atoms with E-state index in [2.05, 4.69) is 191 Å². The average Bonchev–Trinajstić information content (AvgIpc) is 3.82. The Bertz CT molecular complexity index is 1900. The molecule has 0 aromatic heterocycles. The van der Waals surface area contributed by atoms with Gasteiger partial charge in [-0.15, -0.1) is 44.8 Å². The Balaban J connectivity index is 0.000000206. The second kappa shape index (κ2) is 18.6. The first-order valence-corrected chi connectivity index (χ1v) is 20.8. The standard InChI is InChI=1S/2C23H19.2CH3.Si.Zr/c2*1-2-17-15-22-20(18-9-5-3-6-10-18)13-14-21(23(22)16-17)19-11-7-4-8-12-19;;;;/h2*3-16H,2H2,1H3;2*1H3;;/q4*-1;;. The van der Waals surface area contributed by atoms with Crippen LogP contribution in [0.25, 0.3) is 66.1 Å². The molecule has 0 aliphatic rings. The molecule has 8 aromatic carbocycles. The van der Waals surface area contributed by atoms with E-state index < -0.39 is 0 Å². The molecule has 2 radical (unpaired) electrons. The summed E-state index contributed by atoms with van der Waals surface area (Å²) in [5.41, 5.74) is 13.2. The van der Waals surface area contributed by atoms with Gasteiger partial charge in [-0.1, -0.05) is 193 Å². The Hall–Kier alpha value is -4.36. The Labute approximate surface area is 316 Å². The Morgan fingerprint density at radius 3 is 0.940 bits per heavy atom. The summed E-state index contributed by atoms with van der Waals surface area (Å²) in [5, 5.41) is 5.42. The third-order valence-corrected chi connectivity index (χ3v) is 9.05. The third-order valence-electron chi connectivity index (χ3n) is 9.05. The Kier molecular flexibility index (Phi) is 14.3. The van der Waals surface area contributed by atoms with Gasteiger partial charge in [0.2, 0.25) is 0 Å². The molecular formula is C48H44SiZr-4. The van der Waals surface area contributed by atoms with Crippen molar-refractivity contribution in [2.75, 3.05) is 0 Å².